The Morgan fingerprint density at radius 3 is 1.39 bits per heavy atom. The Labute approximate surface area is 264 Å². The van der Waals surface area contributed by atoms with Crippen molar-refractivity contribution in [2.45, 2.75) is 51.7 Å². The summed E-state index contributed by atoms with van der Waals surface area (Å²) in [4.78, 5) is 47.3. The second-order valence-electron chi connectivity index (χ2n) is 10.3. The van der Waals surface area contributed by atoms with Crippen molar-refractivity contribution in [1.82, 2.24) is 0 Å². The standard InChI is InChI=1S/C34H34F2O10/c1-21(2)33(39)43-19-41-27-9-5-23(29(35)17-27)7-15-31(37)45-25-11-13-26(14-12-25)46-32(38)16-8-24-6-10-28(18-30(24)36)42-20-44-34(40)22(3)4/h5-10,15-18,25-26H,1,3,11-14,19-20H2,2,4H3/b15-7-,16-8+. The van der Waals surface area contributed by atoms with Crippen molar-refractivity contribution in [3.63, 3.8) is 0 Å². The fraction of sp³-hybridized carbons (Fsp3) is 0.294. The van der Waals surface area contributed by atoms with E-state index in [2.05, 4.69) is 13.2 Å². The van der Waals surface area contributed by atoms with E-state index < -0.39 is 61.3 Å². The molecule has 0 amide bonds. The van der Waals surface area contributed by atoms with Gasteiger partial charge >= 0.3 is 23.9 Å². The fourth-order valence-electron chi connectivity index (χ4n) is 4.00. The van der Waals surface area contributed by atoms with Crippen LogP contribution in [0.15, 0.2) is 72.9 Å². The molecule has 0 bridgehead atoms. The minimum atomic E-state index is -0.656. The maximum atomic E-state index is 14.4. The summed E-state index contributed by atoms with van der Waals surface area (Å²) in [6.07, 6.45) is 5.78. The van der Waals surface area contributed by atoms with Crippen LogP contribution in [0.2, 0.25) is 0 Å². The fourth-order valence-corrected chi connectivity index (χ4v) is 4.00. The van der Waals surface area contributed by atoms with Gasteiger partial charge in [-0.05, 0) is 75.9 Å². The molecule has 1 saturated carbocycles. The quantitative estimate of drug-likeness (QED) is 0.105. The summed E-state index contributed by atoms with van der Waals surface area (Å²) >= 11 is 0. The Kier molecular flexibility index (Phi) is 13.2. The molecular weight excluding hydrogens is 606 g/mol. The van der Waals surface area contributed by atoms with Gasteiger partial charge in [0.25, 0.3) is 0 Å². The van der Waals surface area contributed by atoms with Gasteiger partial charge in [0.1, 0.15) is 35.3 Å². The molecule has 0 spiro atoms. The first-order valence-corrected chi connectivity index (χ1v) is 14.2. The molecule has 3 rings (SSSR count). The number of ether oxygens (including phenoxy) is 6. The molecule has 10 nitrogen and oxygen atoms in total. The molecule has 12 heteroatoms. The number of carbonyl (C=O) groups excluding carboxylic acids is 4. The van der Waals surface area contributed by atoms with E-state index in [0.717, 1.165) is 24.3 Å². The lowest BCUT2D eigenvalue weighted by Crippen LogP contribution is -2.29. The highest BCUT2D eigenvalue weighted by atomic mass is 19.1. The van der Waals surface area contributed by atoms with Crippen molar-refractivity contribution in [3.05, 3.63) is 95.6 Å². The Morgan fingerprint density at radius 2 is 1.07 bits per heavy atom. The molecular formula is C34H34F2O10. The minimum absolute atomic E-state index is 0.123. The van der Waals surface area contributed by atoms with Crippen molar-refractivity contribution < 1.29 is 56.4 Å². The molecule has 0 atom stereocenters. The third-order valence-corrected chi connectivity index (χ3v) is 6.46. The van der Waals surface area contributed by atoms with Gasteiger partial charge in [0.2, 0.25) is 13.6 Å². The lowest BCUT2D eigenvalue weighted by atomic mass is 9.95. The first-order valence-electron chi connectivity index (χ1n) is 14.2. The zero-order valence-electron chi connectivity index (χ0n) is 25.4. The topological polar surface area (TPSA) is 124 Å². The molecule has 0 saturated heterocycles. The number of carbonyl (C=O) groups is 4. The van der Waals surface area contributed by atoms with Crippen molar-refractivity contribution in [2.24, 2.45) is 0 Å². The van der Waals surface area contributed by atoms with Gasteiger partial charge in [-0.25, -0.2) is 28.0 Å². The smallest absolute Gasteiger partial charge is 0.335 e. The van der Waals surface area contributed by atoms with Crippen LogP contribution in [0, 0.1) is 11.6 Å². The van der Waals surface area contributed by atoms with Gasteiger partial charge < -0.3 is 28.4 Å². The summed E-state index contributed by atoms with van der Waals surface area (Å²) in [7, 11) is 0. The average Bonchev–Trinajstić information content (AvgIpc) is 3.01. The molecule has 1 aliphatic carbocycles. The van der Waals surface area contributed by atoms with Gasteiger partial charge in [-0.1, -0.05) is 13.2 Å². The maximum absolute atomic E-state index is 14.4. The van der Waals surface area contributed by atoms with Gasteiger partial charge in [-0.15, -0.1) is 0 Å². The lowest BCUT2D eigenvalue weighted by molar-refractivity contribution is -0.151. The highest BCUT2D eigenvalue weighted by Crippen LogP contribution is 2.25. The van der Waals surface area contributed by atoms with Crippen molar-refractivity contribution in [1.29, 1.82) is 0 Å². The van der Waals surface area contributed by atoms with Gasteiger partial charge in [-0.3, -0.25) is 0 Å². The summed E-state index contributed by atoms with van der Waals surface area (Å²) in [6, 6.07) is 7.89. The minimum Gasteiger partial charge on any atom is -0.459 e. The number of rotatable bonds is 14. The van der Waals surface area contributed by atoms with Gasteiger partial charge in [0.15, 0.2) is 0 Å². The van der Waals surface area contributed by atoms with Crippen molar-refractivity contribution >= 4 is 36.0 Å². The van der Waals surface area contributed by atoms with Crippen molar-refractivity contribution in [2.75, 3.05) is 13.6 Å². The monoisotopic (exact) mass is 640 g/mol. The van der Waals surface area contributed by atoms with E-state index in [4.69, 9.17) is 28.4 Å². The molecule has 0 aliphatic heterocycles. The van der Waals surface area contributed by atoms with E-state index in [1.54, 1.807) is 0 Å². The molecule has 0 radical (unpaired) electrons. The van der Waals surface area contributed by atoms with Crippen molar-refractivity contribution in [3.8, 4) is 11.5 Å². The third kappa shape index (κ3) is 11.7. The molecule has 2 aromatic carbocycles. The Bertz CT molecular complexity index is 1410. The summed E-state index contributed by atoms with van der Waals surface area (Å²) in [5.74, 6) is -3.61. The number of esters is 4. The second kappa shape index (κ2) is 17.3. The molecule has 0 unspecified atom stereocenters. The molecule has 0 heterocycles. The number of hydrogen-bond donors (Lipinski definition) is 0. The molecule has 1 aliphatic rings. The Balaban J connectivity index is 1.38. The Hall–Kier alpha value is -5.26. The normalized spacial score (nSPS) is 16.0. The van der Waals surface area contributed by atoms with Crippen LogP contribution in [-0.2, 0) is 38.1 Å². The van der Waals surface area contributed by atoms with Crippen LogP contribution >= 0.6 is 0 Å². The molecule has 1 fully saturated rings. The van der Waals surface area contributed by atoms with Crippen LogP contribution in [0.3, 0.4) is 0 Å². The van der Waals surface area contributed by atoms with E-state index >= 15 is 0 Å². The van der Waals surface area contributed by atoms with Gasteiger partial charge in [-0.2, -0.15) is 0 Å². The maximum Gasteiger partial charge on any atom is 0.335 e. The van der Waals surface area contributed by atoms with Crippen LogP contribution in [0.4, 0.5) is 8.78 Å². The van der Waals surface area contributed by atoms with E-state index in [1.807, 2.05) is 0 Å². The molecule has 0 N–H and O–H groups in total. The second-order valence-corrected chi connectivity index (χ2v) is 10.3. The largest absolute Gasteiger partial charge is 0.459 e. The third-order valence-electron chi connectivity index (χ3n) is 6.46. The summed E-state index contributed by atoms with van der Waals surface area (Å²) in [5.41, 5.74) is 0.656. The first kappa shape index (κ1) is 35.2. The van der Waals surface area contributed by atoms with E-state index in [-0.39, 0.29) is 33.8 Å². The zero-order chi connectivity index (χ0) is 33.6. The molecule has 2 aromatic rings. The van der Waals surface area contributed by atoms with Gasteiger partial charge in [0, 0.05) is 46.6 Å². The summed E-state index contributed by atoms with van der Waals surface area (Å²) in [5, 5.41) is 0. The summed E-state index contributed by atoms with van der Waals surface area (Å²) in [6.45, 7) is 9.04. The van der Waals surface area contributed by atoms with Gasteiger partial charge in [0.05, 0.1) is 0 Å². The first-order chi connectivity index (χ1) is 21.9. The molecule has 46 heavy (non-hydrogen) atoms. The number of benzene rings is 2. The van der Waals surface area contributed by atoms with Crippen LogP contribution in [-0.4, -0.2) is 49.7 Å². The van der Waals surface area contributed by atoms with Crippen LogP contribution in [0.5, 0.6) is 11.5 Å². The molecule has 244 valence electrons. The highest BCUT2D eigenvalue weighted by molar-refractivity contribution is 5.88. The number of hydrogen-bond acceptors (Lipinski definition) is 10. The Morgan fingerprint density at radius 1 is 0.696 bits per heavy atom. The predicted octanol–water partition coefficient (Wildman–Crippen LogP) is 6.00. The van der Waals surface area contributed by atoms with Crippen LogP contribution in [0.1, 0.15) is 50.7 Å². The predicted molar refractivity (Wildman–Crippen MR) is 162 cm³/mol. The van der Waals surface area contributed by atoms with E-state index in [1.165, 1.54) is 50.3 Å². The van der Waals surface area contributed by atoms with E-state index in [9.17, 15) is 28.0 Å². The molecule has 0 aromatic heterocycles. The zero-order valence-corrected chi connectivity index (χ0v) is 25.4. The van der Waals surface area contributed by atoms with E-state index in [0.29, 0.717) is 25.7 Å². The van der Waals surface area contributed by atoms with Crippen LogP contribution < -0.4 is 9.47 Å². The SMILES string of the molecule is C=C(C)C(=O)OCOc1ccc(/C=C\C(=O)OC2CCC(OC(=O)/C=C/c3ccc(OCOC(=O)C(=C)C)cc3F)CC2)c(F)c1. The van der Waals surface area contributed by atoms with Crippen LogP contribution in [0.25, 0.3) is 12.2 Å². The summed E-state index contributed by atoms with van der Waals surface area (Å²) < 4.78 is 59.6. The average molecular weight is 641 g/mol. The lowest BCUT2D eigenvalue weighted by Gasteiger charge is -2.27. The number of halogens is 2. The highest BCUT2D eigenvalue weighted by Gasteiger charge is 2.25.